The molecular formula is C7H10N2. The summed E-state index contributed by atoms with van der Waals surface area (Å²) in [4.78, 5) is 0. The van der Waals surface area contributed by atoms with Crippen LogP contribution in [-0.4, -0.2) is 0 Å². The third-order valence-corrected chi connectivity index (χ3v) is 1.30. The first-order chi connectivity index (χ1) is 4.34. The van der Waals surface area contributed by atoms with Crippen molar-refractivity contribution in [1.29, 1.82) is 0 Å². The average molecular weight is 122 g/mol. The summed E-state index contributed by atoms with van der Waals surface area (Å²) < 4.78 is 0. The van der Waals surface area contributed by atoms with Crippen molar-refractivity contribution in [2.24, 2.45) is 5.84 Å². The minimum absolute atomic E-state index is 0.899. The van der Waals surface area contributed by atoms with Gasteiger partial charge in [-0.2, -0.15) is 0 Å². The lowest BCUT2D eigenvalue weighted by molar-refractivity contribution is 0.880. The van der Waals surface area contributed by atoms with Crippen molar-refractivity contribution in [2.75, 3.05) is 0 Å². The van der Waals surface area contributed by atoms with Crippen LogP contribution in [-0.2, 0) is 0 Å². The summed E-state index contributed by atoms with van der Waals surface area (Å²) in [5, 5.41) is 0. The van der Waals surface area contributed by atoms with Crippen LogP contribution in [0.25, 0.3) is 0 Å². The molecule has 0 radical (unpaired) electrons. The Morgan fingerprint density at radius 1 is 1.67 bits per heavy atom. The molecule has 48 valence electrons. The Labute approximate surface area is 54.7 Å². The van der Waals surface area contributed by atoms with Gasteiger partial charge in [-0.05, 0) is 18.1 Å². The summed E-state index contributed by atoms with van der Waals surface area (Å²) in [6, 6.07) is 0. The van der Waals surface area contributed by atoms with E-state index in [0.29, 0.717) is 0 Å². The van der Waals surface area contributed by atoms with E-state index in [0.717, 1.165) is 17.7 Å². The monoisotopic (exact) mass is 122 g/mol. The van der Waals surface area contributed by atoms with Crippen LogP contribution >= 0.6 is 0 Å². The van der Waals surface area contributed by atoms with E-state index in [-0.39, 0.29) is 0 Å². The lowest BCUT2D eigenvalue weighted by Crippen LogP contribution is -2.22. The lowest BCUT2D eigenvalue weighted by Gasteiger charge is -2.09. The summed E-state index contributed by atoms with van der Waals surface area (Å²) in [6.07, 6.45) is 6.81. The van der Waals surface area contributed by atoms with E-state index in [4.69, 9.17) is 5.84 Å². The van der Waals surface area contributed by atoms with Crippen LogP contribution in [0, 0.1) is 0 Å². The summed E-state index contributed by atoms with van der Waals surface area (Å²) in [5.74, 6) is 5.18. The van der Waals surface area contributed by atoms with Crippen LogP contribution in [0.15, 0.2) is 36.1 Å². The predicted octanol–water partition coefficient (Wildman–Crippen LogP) is 0.850. The highest BCUT2D eigenvalue weighted by molar-refractivity contribution is 5.35. The molecular weight excluding hydrogens is 112 g/mol. The van der Waals surface area contributed by atoms with Crippen molar-refractivity contribution < 1.29 is 0 Å². The Hall–Kier alpha value is -1.02. The second-order valence-electron chi connectivity index (χ2n) is 1.96. The number of hydrogen-bond acceptors (Lipinski definition) is 2. The van der Waals surface area contributed by atoms with Gasteiger partial charge in [0.2, 0.25) is 0 Å². The molecule has 0 aromatic heterocycles. The lowest BCUT2D eigenvalue weighted by atomic mass is 10.1. The Morgan fingerprint density at radius 2 is 2.44 bits per heavy atom. The summed E-state index contributed by atoms with van der Waals surface area (Å²) >= 11 is 0. The van der Waals surface area contributed by atoms with Crippen molar-refractivity contribution in [3.63, 3.8) is 0 Å². The van der Waals surface area contributed by atoms with Gasteiger partial charge in [0.15, 0.2) is 0 Å². The average Bonchev–Trinajstić information content (AvgIpc) is 1.89. The zero-order chi connectivity index (χ0) is 6.69. The topological polar surface area (TPSA) is 38.0 Å². The first-order valence-electron chi connectivity index (χ1n) is 2.86. The largest absolute Gasteiger partial charge is 0.324 e. The van der Waals surface area contributed by atoms with Gasteiger partial charge in [-0.3, -0.25) is 5.84 Å². The van der Waals surface area contributed by atoms with Crippen LogP contribution in [0.1, 0.15) is 6.42 Å². The standard InChI is InChI=1S/C7H10N2/c1-6-4-2-3-5-7(6)9-8/h2-3,5,9H,1,4,8H2. The van der Waals surface area contributed by atoms with Crippen molar-refractivity contribution >= 4 is 0 Å². The Balaban J connectivity index is 2.74. The molecule has 2 nitrogen and oxygen atoms in total. The molecule has 1 aliphatic carbocycles. The van der Waals surface area contributed by atoms with Crippen LogP contribution in [0.4, 0.5) is 0 Å². The summed E-state index contributed by atoms with van der Waals surface area (Å²) in [6.45, 7) is 3.80. The molecule has 0 fully saturated rings. The fourth-order valence-electron chi connectivity index (χ4n) is 0.753. The van der Waals surface area contributed by atoms with Crippen molar-refractivity contribution in [1.82, 2.24) is 5.43 Å². The van der Waals surface area contributed by atoms with E-state index in [1.807, 2.05) is 18.2 Å². The number of nitrogens with two attached hydrogens (primary N) is 1. The SMILES string of the molecule is C=C1CC=CC=C1NN. The van der Waals surface area contributed by atoms with Gasteiger partial charge in [0.25, 0.3) is 0 Å². The molecule has 0 amide bonds. The fourth-order valence-corrected chi connectivity index (χ4v) is 0.753. The maximum Gasteiger partial charge on any atom is 0.0514 e. The maximum atomic E-state index is 5.18. The van der Waals surface area contributed by atoms with E-state index in [1.54, 1.807) is 0 Å². The smallest absolute Gasteiger partial charge is 0.0514 e. The van der Waals surface area contributed by atoms with Gasteiger partial charge in [0, 0.05) is 0 Å². The highest BCUT2D eigenvalue weighted by Crippen LogP contribution is 2.12. The second kappa shape index (κ2) is 2.51. The third-order valence-electron chi connectivity index (χ3n) is 1.30. The molecule has 0 spiro atoms. The maximum absolute atomic E-state index is 5.18. The van der Waals surface area contributed by atoms with Crippen LogP contribution in [0.3, 0.4) is 0 Å². The summed E-state index contributed by atoms with van der Waals surface area (Å²) in [7, 11) is 0. The molecule has 0 saturated heterocycles. The van der Waals surface area contributed by atoms with Gasteiger partial charge in [-0.1, -0.05) is 18.7 Å². The molecule has 0 bridgehead atoms. The fraction of sp³-hybridized carbons (Fsp3) is 0.143. The van der Waals surface area contributed by atoms with Crippen LogP contribution in [0.2, 0.25) is 0 Å². The van der Waals surface area contributed by atoms with Gasteiger partial charge in [-0.25, -0.2) is 0 Å². The number of nitrogens with one attached hydrogen (secondary N) is 1. The molecule has 0 heterocycles. The number of rotatable bonds is 1. The van der Waals surface area contributed by atoms with Gasteiger partial charge in [0.05, 0.1) is 5.70 Å². The van der Waals surface area contributed by atoms with E-state index < -0.39 is 0 Å². The van der Waals surface area contributed by atoms with E-state index >= 15 is 0 Å². The molecule has 0 aliphatic heterocycles. The Morgan fingerprint density at radius 3 is 2.89 bits per heavy atom. The molecule has 0 unspecified atom stereocenters. The second-order valence-corrected chi connectivity index (χ2v) is 1.96. The van der Waals surface area contributed by atoms with Crippen LogP contribution in [0.5, 0.6) is 0 Å². The van der Waals surface area contributed by atoms with Crippen molar-refractivity contribution in [3.05, 3.63) is 36.1 Å². The van der Waals surface area contributed by atoms with Crippen molar-refractivity contribution in [2.45, 2.75) is 6.42 Å². The molecule has 0 aromatic carbocycles. The third kappa shape index (κ3) is 1.21. The number of hydrogen-bond donors (Lipinski definition) is 2. The predicted molar refractivity (Wildman–Crippen MR) is 38.3 cm³/mol. The van der Waals surface area contributed by atoms with E-state index in [9.17, 15) is 0 Å². The quantitative estimate of drug-likeness (QED) is 0.399. The number of allylic oxidation sites excluding steroid dienone is 4. The molecule has 9 heavy (non-hydrogen) atoms. The summed E-state index contributed by atoms with van der Waals surface area (Å²) in [5.41, 5.74) is 4.53. The molecule has 0 atom stereocenters. The first-order valence-corrected chi connectivity index (χ1v) is 2.86. The van der Waals surface area contributed by atoms with Gasteiger partial charge in [-0.15, -0.1) is 0 Å². The van der Waals surface area contributed by atoms with Gasteiger partial charge in [0.1, 0.15) is 0 Å². The molecule has 2 heteroatoms. The van der Waals surface area contributed by atoms with Gasteiger partial charge >= 0.3 is 0 Å². The molecule has 1 aliphatic rings. The molecule has 1 rings (SSSR count). The van der Waals surface area contributed by atoms with E-state index in [2.05, 4.69) is 12.0 Å². The zero-order valence-corrected chi connectivity index (χ0v) is 5.22. The Bertz CT molecular complexity index is 177. The first kappa shape index (κ1) is 6.11. The zero-order valence-electron chi connectivity index (χ0n) is 5.22. The normalized spacial score (nSPS) is 17.4. The molecule has 0 saturated carbocycles. The minimum Gasteiger partial charge on any atom is -0.324 e. The van der Waals surface area contributed by atoms with Gasteiger partial charge < -0.3 is 5.43 Å². The van der Waals surface area contributed by atoms with E-state index in [1.165, 1.54) is 0 Å². The molecule has 3 N–H and O–H groups in total. The minimum atomic E-state index is 0.899. The Kier molecular flexibility index (Phi) is 1.70. The highest BCUT2D eigenvalue weighted by Gasteiger charge is 1.99. The van der Waals surface area contributed by atoms with Crippen molar-refractivity contribution in [3.8, 4) is 0 Å². The van der Waals surface area contributed by atoms with Crippen LogP contribution < -0.4 is 11.3 Å². The highest BCUT2D eigenvalue weighted by atomic mass is 15.2. The number of hydrazine groups is 1. The molecule has 0 aromatic rings.